The second-order valence-electron chi connectivity index (χ2n) is 6.01. The molecule has 3 rings (SSSR count). The minimum Gasteiger partial charge on any atom is -0.503 e. The number of carbonyl (C=O) groups excluding carboxylic acids is 2. The Morgan fingerprint density at radius 3 is 2.56 bits per heavy atom. The lowest BCUT2D eigenvalue weighted by molar-refractivity contribution is -0.118. The molecule has 0 saturated heterocycles. The number of Topliss-reactive ketones (excluding diaryl/α,β-unsaturated/α-hetero) is 1. The molecule has 1 unspecified atom stereocenters. The van der Waals surface area contributed by atoms with Crippen LogP contribution in [0.3, 0.4) is 0 Å². The van der Waals surface area contributed by atoms with Gasteiger partial charge in [0.25, 0.3) is 5.91 Å². The summed E-state index contributed by atoms with van der Waals surface area (Å²) in [5.74, 6) is -2.07. The van der Waals surface area contributed by atoms with Crippen LogP contribution in [0.15, 0.2) is 59.9 Å². The molecule has 1 heterocycles. The highest BCUT2D eigenvalue weighted by molar-refractivity contribution is 6.16. The molecule has 128 valence electrons. The molecule has 1 N–H and O–H groups in total. The number of hydrogen-bond acceptors (Lipinski definition) is 3. The number of carbonyl (C=O) groups is 2. The van der Waals surface area contributed by atoms with Crippen molar-refractivity contribution < 1.29 is 19.1 Å². The van der Waals surface area contributed by atoms with E-state index in [0.717, 1.165) is 5.56 Å². The minimum absolute atomic E-state index is 0.0577. The van der Waals surface area contributed by atoms with Crippen molar-refractivity contribution in [3.05, 3.63) is 76.8 Å². The van der Waals surface area contributed by atoms with Crippen LogP contribution >= 0.6 is 0 Å². The van der Waals surface area contributed by atoms with E-state index in [9.17, 15) is 19.1 Å². The first kappa shape index (κ1) is 16.9. The molecule has 1 aliphatic heterocycles. The fourth-order valence-electron chi connectivity index (χ4n) is 3.13. The van der Waals surface area contributed by atoms with Crippen LogP contribution in [0.5, 0.6) is 0 Å². The second-order valence-corrected chi connectivity index (χ2v) is 6.01. The van der Waals surface area contributed by atoms with Crippen LogP contribution in [0.1, 0.15) is 30.5 Å². The van der Waals surface area contributed by atoms with Gasteiger partial charge in [0.05, 0.1) is 11.6 Å². The maximum atomic E-state index is 13.7. The Morgan fingerprint density at radius 1 is 1.20 bits per heavy atom. The smallest absolute Gasteiger partial charge is 0.294 e. The average molecular weight is 339 g/mol. The lowest BCUT2D eigenvalue weighted by Crippen LogP contribution is -2.31. The predicted molar refractivity (Wildman–Crippen MR) is 92.8 cm³/mol. The van der Waals surface area contributed by atoms with Gasteiger partial charge in [-0.25, -0.2) is 4.39 Å². The van der Waals surface area contributed by atoms with Crippen molar-refractivity contribution >= 4 is 17.4 Å². The summed E-state index contributed by atoms with van der Waals surface area (Å²) in [5, 5.41) is 10.3. The van der Waals surface area contributed by atoms with Crippen LogP contribution in [0.2, 0.25) is 0 Å². The van der Waals surface area contributed by atoms with Gasteiger partial charge in [0.2, 0.25) is 0 Å². The number of aliphatic hydroxyl groups is 1. The number of ketones is 1. The summed E-state index contributed by atoms with van der Waals surface area (Å²) in [6.07, 6.45) is 0.159. The number of hydrogen-bond donors (Lipinski definition) is 1. The highest BCUT2D eigenvalue weighted by Gasteiger charge is 2.43. The number of benzene rings is 2. The van der Waals surface area contributed by atoms with Crippen molar-refractivity contribution in [1.29, 1.82) is 0 Å². The standard InChI is InChI=1S/C20H18FNO3/c1-3-16(23)17-18(13-7-4-6-12(2)10-13)22(20(25)19(17)24)15-9-5-8-14(21)11-15/h4-11,18,24H,3H2,1-2H3. The van der Waals surface area contributed by atoms with E-state index < -0.39 is 23.5 Å². The molecule has 0 aromatic heterocycles. The van der Waals surface area contributed by atoms with E-state index in [0.29, 0.717) is 11.3 Å². The third-order valence-corrected chi connectivity index (χ3v) is 4.27. The van der Waals surface area contributed by atoms with Gasteiger partial charge in [-0.15, -0.1) is 0 Å². The summed E-state index contributed by atoms with van der Waals surface area (Å²) >= 11 is 0. The van der Waals surface area contributed by atoms with Gasteiger partial charge >= 0.3 is 0 Å². The Balaban J connectivity index is 2.20. The largest absolute Gasteiger partial charge is 0.503 e. The molecule has 1 amide bonds. The topological polar surface area (TPSA) is 57.6 Å². The number of rotatable bonds is 4. The molecule has 4 nitrogen and oxygen atoms in total. The summed E-state index contributed by atoms with van der Waals surface area (Å²) < 4.78 is 13.7. The summed E-state index contributed by atoms with van der Waals surface area (Å²) in [6, 6.07) is 12.1. The molecule has 0 saturated carbocycles. The normalized spacial score (nSPS) is 17.3. The van der Waals surface area contributed by atoms with Crippen LogP contribution in [-0.2, 0) is 9.59 Å². The first-order chi connectivity index (χ1) is 11.9. The molecule has 2 aromatic rings. The second kappa shape index (κ2) is 6.51. The zero-order valence-corrected chi connectivity index (χ0v) is 14.0. The molecule has 0 bridgehead atoms. The van der Waals surface area contributed by atoms with E-state index in [1.54, 1.807) is 19.1 Å². The van der Waals surface area contributed by atoms with Gasteiger partial charge in [-0.2, -0.15) is 0 Å². The SMILES string of the molecule is CCC(=O)C1=C(O)C(=O)N(c2cccc(F)c2)C1c1cccc(C)c1. The van der Waals surface area contributed by atoms with E-state index in [4.69, 9.17) is 0 Å². The molecular weight excluding hydrogens is 321 g/mol. The summed E-state index contributed by atoms with van der Waals surface area (Å²) in [6.45, 7) is 3.57. The maximum Gasteiger partial charge on any atom is 0.294 e. The number of halogens is 1. The van der Waals surface area contributed by atoms with Crippen LogP contribution in [0.25, 0.3) is 0 Å². The summed E-state index contributed by atoms with van der Waals surface area (Å²) in [7, 11) is 0. The Morgan fingerprint density at radius 2 is 1.92 bits per heavy atom. The molecule has 0 fully saturated rings. The summed E-state index contributed by atoms with van der Waals surface area (Å²) in [4.78, 5) is 26.3. The number of aliphatic hydroxyl groups excluding tert-OH is 1. The maximum absolute atomic E-state index is 13.7. The van der Waals surface area contributed by atoms with Gasteiger partial charge in [0.1, 0.15) is 5.82 Å². The van der Waals surface area contributed by atoms with Crippen molar-refractivity contribution in [3.8, 4) is 0 Å². The van der Waals surface area contributed by atoms with Crippen molar-refractivity contribution in [1.82, 2.24) is 0 Å². The number of nitrogens with zero attached hydrogens (tertiary/aromatic N) is 1. The molecule has 1 atom stereocenters. The van der Waals surface area contributed by atoms with E-state index in [-0.39, 0.29) is 17.8 Å². The average Bonchev–Trinajstić information content (AvgIpc) is 2.86. The Kier molecular flexibility index (Phi) is 4.40. The molecule has 25 heavy (non-hydrogen) atoms. The molecular formula is C20H18FNO3. The Labute approximate surface area is 145 Å². The summed E-state index contributed by atoms with van der Waals surface area (Å²) in [5.41, 5.74) is 2.00. The molecule has 1 aliphatic rings. The minimum atomic E-state index is -0.776. The van der Waals surface area contributed by atoms with Gasteiger partial charge in [0, 0.05) is 12.1 Å². The fourth-order valence-corrected chi connectivity index (χ4v) is 3.13. The monoisotopic (exact) mass is 339 g/mol. The lowest BCUT2D eigenvalue weighted by Gasteiger charge is -2.27. The molecule has 0 aliphatic carbocycles. The third-order valence-electron chi connectivity index (χ3n) is 4.27. The Bertz CT molecular complexity index is 888. The molecule has 5 heteroatoms. The third kappa shape index (κ3) is 2.93. The zero-order chi connectivity index (χ0) is 18.1. The highest BCUT2D eigenvalue weighted by atomic mass is 19.1. The van der Waals surface area contributed by atoms with Crippen LogP contribution in [0.4, 0.5) is 10.1 Å². The van der Waals surface area contributed by atoms with Crippen molar-refractivity contribution in [2.45, 2.75) is 26.3 Å². The first-order valence-corrected chi connectivity index (χ1v) is 8.06. The number of aryl methyl sites for hydroxylation is 1. The zero-order valence-electron chi connectivity index (χ0n) is 14.0. The first-order valence-electron chi connectivity index (χ1n) is 8.06. The van der Waals surface area contributed by atoms with Crippen LogP contribution in [-0.4, -0.2) is 16.8 Å². The molecule has 2 aromatic carbocycles. The predicted octanol–water partition coefficient (Wildman–Crippen LogP) is 4.01. The van der Waals surface area contributed by atoms with Gasteiger partial charge < -0.3 is 5.11 Å². The van der Waals surface area contributed by atoms with E-state index >= 15 is 0 Å². The highest BCUT2D eigenvalue weighted by Crippen LogP contribution is 2.41. The van der Waals surface area contributed by atoms with Crippen LogP contribution < -0.4 is 4.90 Å². The molecule has 0 radical (unpaired) electrons. The van der Waals surface area contributed by atoms with Gasteiger partial charge in [-0.1, -0.05) is 42.8 Å². The van der Waals surface area contributed by atoms with Crippen molar-refractivity contribution in [2.75, 3.05) is 4.90 Å². The van der Waals surface area contributed by atoms with Crippen molar-refractivity contribution in [3.63, 3.8) is 0 Å². The number of amides is 1. The Hall–Kier alpha value is -2.95. The van der Waals surface area contributed by atoms with E-state index in [1.165, 1.54) is 23.1 Å². The van der Waals surface area contributed by atoms with Gasteiger partial charge in [-0.3, -0.25) is 14.5 Å². The van der Waals surface area contributed by atoms with E-state index in [2.05, 4.69) is 0 Å². The fraction of sp³-hybridized carbons (Fsp3) is 0.200. The van der Waals surface area contributed by atoms with E-state index in [1.807, 2.05) is 25.1 Å². The lowest BCUT2D eigenvalue weighted by atomic mass is 9.94. The quantitative estimate of drug-likeness (QED) is 0.915. The number of anilines is 1. The van der Waals surface area contributed by atoms with Crippen molar-refractivity contribution in [2.24, 2.45) is 0 Å². The van der Waals surface area contributed by atoms with Crippen LogP contribution in [0, 0.1) is 12.7 Å². The van der Waals surface area contributed by atoms with Gasteiger partial charge in [0.15, 0.2) is 11.5 Å². The van der Waals surface area contributed by atoms with Gasteiger partial charge in [-0.05, 0) is 30.7 Å². The molecule has 0 spiro atoms.